The highest BCUT2D eigenvalue weighted by atomic mass is 35.5. The van der Waals surface area contributed by atoms with Crippen molar-refractivity contribution >= 4 is 29.8 Å². The fraction of sp³-hybridized carbons (Fsp3) is 0.286. The summed E-state index contributed by atoms with van der Waals surface area (Å²) in [5.74, 6) is -2.09. The molecule has 1 N–H and O–H groups in total. The number of ether oxygens (including phenoxy) is 1. The van der Waals surface area contributed by atoms with E-state index in [4.69, 9.17) is 21.7 Å². The predicted molar refractivity (Wildman–Crippen MR) is 79.0 cm³/mol. The first-order valence-corrected chi connectivity index (χ1v) is 6.71. The molecule has 1 aromatic carbocycles. The lowest BCUT2D eigenvalue weighted by atomic mass is 10.2. The van der Waals surface area contributed by atoms with Crippen LogP contribution in [0.4, 0.5) is 4.79 Å². The first-order chi connectivity index (χ1) is 10.6. The largest absolute Gasteiger partial charge is 0.450 e. The second-order valence-corrected chi connectivity index (χ2v) is 4.41. The Kier molecular flexibility index (Phi) is 7.43. The first-order valence-electron chi connectivity index (χ1n) is 6.34. The summed E-state index contributed by atoms with van der Waals surface area (Å²) in [4.78, 5) is 27.6. The minimum absolute atomic E-state index is 0.120. The van der Waals surface area contributed by atoms with Crippen molar-refractivity contribution in [2.45, 2.75) is 13.5 Å². The molecule has 0 spiro atoms. The van der Waals surface area contributed by atoms with E-state index >= 15 is 0 Å². The number of benzene rings is 1. The van der Waals surface area contributed by atoms with Gasteiger partial charge < -0.3 is 9.57 Å². The fourth-order valence-corrected chi connectivity index (χ4v) is 1.43. The Morgan fingerprint density at radius 1 is 1.45 bits per heavy atom. The average molecular weight is 324 g/mol. The topological polar surface area (TPSA) is 101 Å². The molecule has 0 aliphatic rings. The molecule has 0 radical (unpaired) electrons. The van der Waals surface area contributed by atoms with Gasteiger partial charge in [0.15, 0.2) is 5.92 Å². The molecule has 0 aliphatic heterocycles. The lowest BCUT2D eigenvalue weighted by Gasteiger charge is -2.05. The molecule has 0 saturated heterocycles. The molecule has 1 atom stereocenters. The SMILES string of the molecule is CCOC(=O)NC(=O)C(C#N)/C=N/OCc1ccc(Cl)cc1. The quantitative estimate of drug-likeness (QED) is 0.639. The fourth-order valence-electron chi connectivity index (χ4n) is 1.30. The number of nitriles is 1. The molecule has 0 saturated carbocycles. The number of imide groups is 1. The number of nitrogens with zero attached hydrogens (tertiary/aromatic N) is 2. The predicted octanol–water partition coefficient (Wildman–Crippen LogP) is 2.25. The Morgan fingerprint density at radius 3 is 2.73 bits per heavy atom. The molecule has 2 amide bonds. The van der Waals surface area contributed by atoms with Gasteiger partial charge in [0.2, 0.25) is 0 Å². The van der Waals surface area contributed by atoms with E-state index in [-0.39, 0.29) is 13.2 Å². The molecular formula is C14H14ClN3O4. The monoisotopic (exact) mass is 323 g/mol. The van der Waals surface area contributed by atoms with Crippen LogP contribution in [0.3, 0.4) is 0 Å². The van der Waals surface area contributed by atoms with E-state index in [1.165, 1.54) is 0 Å². The number of carbonyl (C=O) groups excluding carboxylic acids is 2. The summed E-state index contributed by atoms with van der Waals surface area (Å²) in [6, 6.07) is 8.61. The highest BCUT2D eigenvalue weighted by molar-refractivity contribution is 6.30. The maximum Gasteiger partial charge on any atom is 0.413 e. The molecular weight excluding hydrogens is 310 g/mol. The maximum absolute atomic E-state index is 11.6. The summed E-state index contributed by atoms with van der Waals surface area (Å²) in [5.41, 5.74) is 0.825. The van der Waals surface area contributed by atoms with E-state index in [0.717, 1.165) is 11.8 Å². The molecule has 1 unspecified atom stereocenters. The van der Waals surface area contributed by atoms with Crippen molar-refractivity contribution in [1.82, 2.24) is 5.32 Å². The molecule has 0 fully saturated rings. The van der Waals surface area contributed by atoms with Crippen molar-refractivity contribution in [3.05, 3.63) is 34.9 Å². The molecule has 0 heterocycles. The van der Waals surface area contributed by atoms with Crippen molar-refractivity contribution in [2.24, 2.45) is 11.1 Å². The lowest BCUT2D eigenvalue weighted by Crippen LogP contribution is -2.36. The second kappa shape index (κ2) is 9.37. The van der Waals surface area contributed by atoms with Crippen molar-refractivity contribution in [3.8, 4) is 6.07 Å². The Bertz CT molecular complexity index is 581. The summed E-state index contributed by atoms with van der Waals surface area (Å²) in [5, 5.41) is 14.9. The molecule has 0 aromatic heterocycles. The minimum Gasteiger partial charge on any atom is -0.450 e. The van der Waals surface area contributed by atoms with E-state index in [9.17, 15) is 9.59 Å². The zero-order valence-electron chi connectivity index (χ0n) is 11.8. The number of oxime groups is 1. The summed E-state index contributed by atoms with van der Waals surface area (Å²) in [7, 11) is 0. The van der Waals surface area contributed by atoms with Gasteiger partial charge in [-0.3, -0.25) is 10.1 Å². The summed E-state index contributed by atoms with van der Waals surface area (Å²) in [6.45, 7) is 1.87. The highest BCUT2D eigenvalue weighted by Crippen LogP contribution is 2.10. The van der Waals surface area contributed by atoms with E-state index in [1.807, 2.05) is 5.32 Å². The number of rotatable bonds is 6. The standard InChI is InChI=1S/C14H14ClN3O4/c1-2-21-14(20)18-13(19)11(7-16)8-17-22-9-10-3-5-12(15)6-4-10/h3-6,8,11H,2,9H2,1H3,(H,18,19,20)/b17-8+. The summed E-state index contributed by atoms with van der Waals surface area (Å²) in [6.07, 6.45) is 0.0908. The summed E-state index contributed by atoms with van der Waals surface area (Å²) >= 11 is 5.74. The van der Waals surface area contributed by atoms with Gasteiger partial charge in [0.25, 0.3) is 5.91 Å². The number of carbonyl (C=O) groups is 2. The molecule has 1 aromatic rings. The molecule has 1 rings (SSSR count). The number of halogens is 1. The Balaban J connectivity index is 2.45. The van der Waals surface area contributed by atoms with E-state index in [2.05, 4.69) is 9.89 Å². The van der Waals surface area contributed by atoms with Gasteiger partial charge >= 0.3 is 6.09 Å². The van der Waals surface area contributed by atoms with Crippen molar-refractivity contribution in [2.75, 3.05) is 6.61 Å². The van der Waals surface area contributed by atoms with Gasteiger partial charge in [0.05, 0.1) is 18.9 Å². The van der Waals surface area contributed by atoms with Crippen molar-refractivity contribution < 1.29 is 19.2 Å². The van der Waals surface area contributed by atoms with Gasteiger partial charge in [0.1, 0.15) is 6.61 Å². The third-order valence-corrected chi connectivity index (χ3v) is 2.60. The van der Waals surface area contributed by atoms with Crippen LogP contribution in [0.2, 0.25) is 5.02 Å². The van der Waals surface area contributed by atoms with Crippen LogP contribution in [0.15, 0.2) is 29.4 Å². The number of nitrogens with one attached hydrogen (secondary N) is 1. The van der Waals surface area contributed by atoms with Gasteiger partial charge in [-0.05, 0) is 24.6 Å². The molecule has 22 heavy (non-hydrogen) atoms. The lowest BCUT2D eigenvalue weighted by molar-refractivity contribution is -0.121. The van der Waals surface area contributed by atoms with Crippen LogP contribution in [0.25, 0.3) is 0 Å². The van der Waals surface area contributed by atoms with Crippen LogP contribution in [0.5, 0.6) is 0 Å². The van der Waals surface area contributed by atoms with E-state index in [1.54, 1.807) is 37.3 Å². The third kappa shape index (κ3) is 6.24. The van der Waals surface area contributed by atoms with E-state index in [0.29, 0.717) is 5.02 Å². The van der Waals surface area contributed by atoms with Crippen LogP contribution < -0.4 is 5.32 Å². The smallest absolute Gasteiger partial charge is 0.413 e. The summed E-state index contributed by atoms with van der Waals surface area (Å²) < 4.78 is 4.53. The number of amides is 2. The zero-order chi connectivity index (χ0) is 16.4. The normalized spacial score (nSPS) is 11.5. The van der Waals surface area contributed by atoms with Crippen LogP contribution >= 0.6 is 11.6 Å². The van der Waals surface area contributed by atoms with Crippen molar-refractivity contribution in [3.63, 3.8) is 0 Å². The molecule has 8 heteroatoms. The van der Waals surface area contributed by atoms with Gasteiger partial charge in [-0.1, -0.05) is 28.9 Å². The zero-order valence-corrected chi connectivity index (χ0v) is 12.5. The Morgan fingerprint density at radius 2 is 2.14 bits per heavy atom. The molecule has 7 nitrogen and oxygen atoms in total. The van der Waals surface area contributed by atoms with Crippen LogP contribution in [-0.4, -0.2) is 24.8 Å². The average Bonchev–Trinajstić information content (AvgIpc) is 2.49. The van der Waals surface area contributed by atoms with Gasteiger partial charge in [-0.25, -0.2) is 4.79 Å². The first kappa shape index (κ1) is 17.5. The minimum atomic E-state index is -1.25. The van der Waals surface area contributed by atoms with Gasteiger partial charge in [0, 0.05) is 5.02 Å². The third-order valence-electron chi connectivity index (χ3n) is 2.35. The number of alkyl carbamates (subject to hydrolysis) is 1. The van der Waals surface area contributed by atoms with Crippen LogP contribution in [0, 0.1) is 17.2 Å². The highest BCUT2D eigenvalue weighted by Gasteiger charge is 2.18. The maximum atomic E-state index is 11.6. The molecule has 0 aliphatic carbocycles. The van der Waals surface area contributed by atoms with E-state index < -0.39 is 17.9 Å². The van der Waals surface area contributed by atoms with Crippen molar-refractivity contribution in [1.29, 1.82) is 5.26 Å². The van der Waals surface area contributed by atoms with Gasteiger partial charge in [-0.2, -0.15) is 5.26 Å². The molecule has 0 bridgehead atoms. The Labute approximate surface area is 132 Å². The molecule has 116 valence electrons. The van der Waals surface area contributed by atoms with Gasteiger partial charge in [-0.15, -0.1) is 0 Å². The number of hydrogen-bond donors (Lipinski definition) is 1. The number of hydrogen-bond acceptors (Lipinski definition) is 6. The van der Waals surface area contributed by atoms with Crippen LogP contribution in [0.1, 0.15) is 12.5 Å². The van der Waals surface area contributed by atoms with Crippen LogP contribution in [-0.2, 0) is 21.0 Å². The Hall–Kier alpha value is -2.59. The second-order valence-electron chi connectivity index (χ2n) is 3.97.